The number of benzene rings is 2. The number of fused-ring (bicyclic) bond motifs is 1. The fraction of sp³-hybridized carbons (Fsp3) is 0.111. The first-order valence-electron chi connectivity index (χ1n) is 7.04. The number of anilines is 1. The van der Waals surface area contributed by atoms with E-state index in [9.17, 15) is 4.79 Å². The smallest absolute Gasteiger partial charge is 0.258 e. The molecule has 1 heterocycles. The van der Waals surface area contributed by atoms with Gasteiger partial charge in [-0.05, 0) is 37.3 Å². The minimum atomic E-state index is -0.0287. The van der Waals surface area contributed by atoms with Crippen molar-refractivity contribution in [3.63, 3.8) is 0 Å². The highest BCUT2D eigenvalue weighted by Gasteiger charge is 2.17. The molecule has 4 heteroatoms. The molecule has 0 N–H and O–H groups in total. The second kappa shape index (κ2) is 6.12. The van der Waals surface area contributed by atoms with Gasteiger partial charge >= 0.3 is 0 Å². The normalized spacial score (nSPS) is 10.6. The molecule has 0 radical (unpaired) electrons. The first kappa shape index (κ1) is 14.5. The Morgan fingerprint density at radius 3 is 2.77 bits per heavy atom. The van der Waals surface area contributed by atoms with Gasteiger partial charge in [0.15, 0.2) is 0 Å². The number of aryl methyl sites for hydroxylation is 1. The molecule has 22 heavy (non-hydrogen) atoms. The first-order valence-corrected chi connectivity index (χ1v) is 7.85. The van der Waals surface area contributed by atoms with Crippen LogP contribution in [0.5, 0.6) is 0 Å². The molecule has 0 atom stereocenters. The monoisotopic (exact) mass is 308 g/mol. The van der Waals surface area contributed by atoms with E-state index in [1.165, 1.54) is 0 Å². The molecule has 0 fully saturated rings. The third-order valence-electron chi connectivity index (χ3n) is 3.37. The van der Waals surface area contributed by atoms with Crippen molar-refractivity contribution in [1.82, 2.24) is 4.98 Å². The standard InChI is InChI=1S/C18H16N2OS/c1-3-11-20(15-7-5-4-6-8-15)18(21)14-9-10-16-17(12-14)22-13(2)19-16/h3-10,12H,1,11H2,2H3. The predicted molar refractivity (Wildman–Crippen MR) is 92.7 cm³/mol. The van der Waals surface area contributed by atoms with Crippen molar-refractivity contribution >= 4 is 33.1 Å². The van der Waals surface area contributed by atoms with Crippen LogP contribution in [0.4, 0.5) is 5.69 Å². The van der Waals surface area contributed by atoms with Crippen molar-refractivity contribution in [2.45, 2.75) is 6.92 Å². The van der Waals surface area contributed by atoms with Crippen molar-refractivity contribution in [1.29, 1.82) is 0 Å². The molecular formula is C18H16N2OS. The zero-order chi connectivity index (χ0) is 15.5. The van der Waals surface area contributed by atoms with Crippen LogP contribution in [-0.2, 0) is 0 Å². The lowest BCUT2D eigenvalue weighted by Gasteiger charge is -2.21. The number of aromatic nitrogens is 1. The minimum Gasteiger partial charge on any atom is -0.305 e. The molecule has 0 bridgehead atoms. The zero-order valence-corrected chi connectivity index (χ0v) is 13.1. The second-order valence-electron chi connectivity index (χ2n) is 4.96. The molecular weight excluding hydrogens is 292 g/mol. The van der Waals surface area contributed by atoms with Crippen LogP contribution < -0.4 is 4.90 Å². The van der Waals surface area contributed by atoms with Gasteiger partial charge in [-0.1, -0.05) is 24.3 Å². The summed E-state index contributed by atoms with van der Waals surface area (Å²) in [6.45, 7) is 6.20. The summed E-state index contributed by atoms with van der Waals surface area (Å²) in [5, 5.41) is 1.01. The van der Waals surface area contributed by atoms with Gasteiger partial charge in [0.2, 0.25) is 0 Å². The van der Waals surface area contributed by atoms with Gasteiger partial charge in [-0.15, -0.1) is 17.9 Å². The lowest BCUT2D eigenvalue weighted by molar-refractivity contribution is 0.0990. The van der Waals surface area contributed by atoms with Crippen LogP contribution in [0, 0.1) is 6.92 Å². The van der Waals surface area contributed by atoms with E-state index in [0.29, 0.717) is 12.1 Å². The predicted octanol–water partition coefficient (Wildman–Crippen LogP) is 4.44. The molecule has 0 saturated carbocycles. The molecule has 0 unspecified atom stereocenters. The van der Waals surface area contributed by atoms with Crippen molar-refractivity contribution in [2.24, 2.45) is 0 Å². The maximum absolute atomic E-state index is 12.8. The highest BCUT2D eigenvalue weighted by Crippen LogP contribution is 2.24. The number of amides is 1. The summed E-state index contributed by atoms with van der Waals surface area (Å²) >= 11 is 1.60. The lowest BCUT2D eigenvalue weighted by Crippen LogP contribution is -2.30. The van der Waals surface area contributed by atoms with E-state index >= 15 is 0 Å². The van der Waals surface area contributed by atoms with Gasteiger partial charge in [0.1, 0.15) is 0 Å². The topological polar surface area (TPSA) is 33.2 Å². The Morgan fingerprint density at radius 2 is 2.05 bits per heavy atom. The molecule has 0 aliphatic rings. The van der Waals surface area contributed by atoms with Crippen molar-refractivity contribution in [3.05, 3.63) is 71.8 Å². The molecule has 3 rings (SSSR count). The summed E-state index contributed by atoms with van der Waals surface area (Å²) in [5.74, 6) is -0.0287. The summed E-state index contributed by atoms with van der Waals surface area (Å²) in [6.07, 6.45) is 1.74. The zero-order valence-electron chi connectivity index (χ0n) is 12.3. The molecule has 3 nitrogen and oxygen atoms in total. The third kappa shape index (κ3) is 2.78. The average molecular weight is 308 g/mol. The SMILES string of the molecule is C=CCN(C(=O)c1ccc2nc(C)sc2c1)c1ccccc1. The largest absolute Gasteiger partial charge is 0.305 e. The molecule has 0 aliphatic carbocycles. The van der Waals surface area contributed by atoms with Crippen molar-refractivity contribution < 1.29 is 4.79 Å². The summed E-state index contributed by atoms with van der Waals surface area (Å²) in [4.78, 5) is 19.0. The van der Waals surface area contributed by atoms with Crippen molar-refractivity contribution in [3.8, 4) is 0 Å². The van der Waals surface area contributed by atoms with Crippen LogP contribution in [0.3, 0.4) is 0 Å². The maximum Gasteiger partial charge on any atom is 0.258 e. The number of thiazole rings is 1. The fourth-order valence-corrected chi connectivity index (χ4v) is 3.24. The molecule has 1 aromatic heterocycles. The maximum atomic E-state index is 12.8. The highest BCUT2D eigenvalue weighted by atomic mass is 32.1. The number of para-hydroxylation sites is 1. The second-order valence-corrected chi connectivity index (χ2v) is 6.19. The first-order chi connectivity index (χ1) is 10.7. The minimum absolute atomic E-state index is 0.0287. The van der Waals surface area contributed by atoms with Crippen molar-refractivity contribution in [2.75, 3.05) is 11.4 Å². The van der Waals surface area contributed by atoms with E-state index in [4.69, 9.17) is 0 Å². The number of carbonyl (C=O) groups is 1. The number of nitrogens with zero attached hydrogens (tertiary/aromatic N) is 2. The molecule has 0 spiro atoms. The number of carbonyl (C=O) groups excluding carboxylic acids is 1. The Hall–Kier alpha value is -2.46. The van der Waals surface area contributed by atoms with E-state index in [1.807, 2.05) is 55.5 Å². The van der Waals surface area contributed by atoms with Gasteiger partial charge in [-0.25, -0.2) is 4.98 Å². The van der Waals surface area contributed by atoms with Crippen LogP contribution >= 0.6 is 11.3 Å². The van der Waals surface area contributed by atoms with E-state index in [-0.39, 0.29) is 5.91 Å². The molecule has 110 valence electrons. The van der Waals surface area contributed by atoms with E-state index < -0.39 is 0 Å². The third-order valence-corrected chi connectivity index (χ3v) is 4.30. The molecule has 0 aliphatic heterocycles. The van der Waals surface area contributed by atoms with Gasteiger partial charge < -0.3 is 4.90 Å². The van der Waals surface area contributed by atoms with Crippen LogP contribution in [0.25, 0.3) is 10.2 Å². The van der Waals surface area contributed by atoms with Gasteiger partial charge in [0.05, 0.1) is 15.2 Å². The number of hydrogen-bond donors (Lipinski definition) is 0. The van der Waals surface area contributed by atoms with E-state index in [2.05, 4.69) is 11.6 Å². The number of hydrogen-bond acceptors (Lipinski definition) is 3. The van der Waals surface area contributed by atoms with E-state index in [0.717, 1.165) is 20.9 Å². The Kier molecular flexibility index (Phi) is 4.02. The molecule has 2 aromatic carbocycles. The summed E-state index contributed by atoms with van der Waals surface area (Å²) in [6, 6.07) is 15.3. The van der Waals surface area contributed by atoms with Gasteiger partial charge in [0, 0.05) is 17.8 Å². The molecule has 1 amide bonds. The van der Waals surface area contributed by atoms with E-state index in [1.54, 1.807) is 22.3 Å². The Balaban J connectivity index is 1.99. The fourth-order valence-electron chi connectivity index (χ4n) is 2.37. The summed E-state index contributed by atoms with van der Waals surface area (Å²) in [5.41, 5.74) is 2.48. The quantitative estimate of drug-likeness (QED) is 0.668. The lowest BCUT2D eigenvalue weighted by atomic mass is 10.1. The van der Waals surface area contributed by atoms with Crippen LogP contribution in [0.15, 0.2) is 61.2 Å². The van der Waals surface area contributed by atoms with Crippen LogP contribution in [-0.4, -0.2) is 17.4 Å². The summed E-state index contributed by atoms with van der Waals surface area (Å²) < 4.78 is 1.04. The van der Waals surface area contributed by atoms with Crippen LogP contribution in [0.1, 0.15) is 15.4 Å². The molecule has 0 saturated heterocycles. The Labute approximate surface area is 133 Å². The number of rotatable bonds is 4. The van der Waals surface area contributed by atoms with Gasteiger partial charge in [-0.2, -0.15) is 0 Å². The van der Waals surface area contributed by atoms with Crippen LogP contribution in [0.2, 0.25) is 0 Å². The van der Waals surface area contributed by atoms with Gasteiger partial charge in [0.25, 0.3) is 5.91 Å². The highest BCUT2D eigenvalue weighted by molar-refractivity contribution is 7.18. The molecule has 3 aromatic rings. The Bertz CT molecular complexity index is 823. The average Bonchev–Trinajstić information content (AvgIpc) is 2.92. The summed E-state index contributed by atoms with van der Waals surface area (Å²) in [7, 11) is 0. The van der Waals surface area contributed by atoms with Gasteiger partial charge in [-0.3, -0.25) is 4.79 Å². The Morgan fingerprint density at radius 1 is 1.27 bits per heavy atom.